The molecular formula is C14H21ClFN3O5S. The number of nitro benzene ring substituents is 1. The third-order valence-corrected chi connectivity index (χ3v) is 5.82. The van der Waals surface area contributed by atoms with Gasteiger partial charge >= 0.3 is 5.69 Å². The summed E-state index contributed by atoms with van der Waals surface area (Å²) >= 11 is 0. The summed E-state index contributed by atoms with van der Waals surface area (Å²) in [4.78, 5) is 9.81. The smallest absolute Gasteiger partial charge is 0.315 e. The van der Waals surface area contributed by atoms with Crippen molar-refractivity contribution >= 4 is 28.1 Å². The first-order chi connectivity index (χ1) is 11.3. The number of nitrogens with one attached hydrogen (secondary N) is 1. The molecule has 2 rings (SSSR count). The Hall–Kier alpha value is -1.49. The van der Waals surface area contributed by atoms with Crippen LogP contribution in [0.3, 0.4) is 0 Å². The molecule has 0 radical (unpaired) electrons. The molecule has 0 amide bonds. The quantitative estimate of drug-likeness (QED) is 0.557. The van der Waals surface area contributed by atoms with Gasteiger partial charge in [0.05, 0.1) is 16.9 Å². The van der Waals surface area contributed by atoms with Crippen LogP contribution in [0.5, 0.6) is 5.75 Å². The molecule has 11 heteroatoms. The van der Waals surface area contributed by atoms with E-state index in [1.807, 2.05) is 6.92 Å². The van der Waals surface area contributed by atoms with E-state index in [2.05, 4.69) is 10.1 Å². The number of nitrogens with zero attached hydrogens (tertiary/aromatic N) is 2. The number of sulfonamides is 1. The molecule has 1 atom stereocenters. The van der Waals surface area contributed by atoms with Gasteiger partial charge in [-0.1, -0.05) is 6.92 Å². The van der Waals surface area contributed by atoms with Crippen LogP contribution >= 0.6 is 12.4 Å². The van der Waals surface area contributed by atoms with Crippen molar-refractivity contribution in [2.24, 2.45) is 0 Å². The van der Waals surface area contributed by atoms with Crippen LogP contribution in [0.25, 0.3) is 0 Å². The Morgan fingerprint density at radius 3 is 2.64 bits per heavy atom. The van der Waals surface area contributed by atoms with Crippen LogP contribution in [0.4, 0.5) is 10.1 Å². The zero-order valence-electron chi connectivity index (χ0n) is 13.9. The number of ether oxygens (including phenoxy) is 1. The minimum Gasteiger partial charge on any atom is -0.488 e. The predicted octanol–water partition coefficient (Wildman–Crippen LogP) is 1.93. The van der Waals surface area contributed by atoms with Crippen LogP contribution in [0.15, 0.2) is 17.0 Å². The van der Waals surface area contributed by atoms with Crippen molar-refractivity contribution in [1.29, 1.82) is 0 Å². The average Bonchev–Trinajstić information content (AvgIpc) is 3.05. The maximum atomic E-state index is 14.1. The molecule has 1 unspecified atom stereocenters. The second-order valence-electron chi connectivity index (χ2n) is 5.48. The van der Waals surface area contributed by atoms with Gasteiger partial charge in [0, 0.05) is 25.2 Å². The second kappa shape index (κ2) is 8.75. The van der Waals surface area contributed by atoms with Gasteiger partial charge < -0.3 is 10.1 Å². The summed E-state index contributed by atoms with van der Waals surface area (Å²) in [6.45, 7) is 3.29. The van der Waals surface area contributed by atoms with Crippen LogP contribution in [0, 0.1) is 15.9 Å². The van der Waals surface area contributed by atoms with Crippen LogP contribution in [-0.4, -0.2) is 50.4 Å². The van der Waals surface area contributed by atoms with Crippen molar-refractivity contribution in [2.75, 3.05) is 26.7 Å². The average molecular weight is 398 g/mol. The van der Waals surface area contributed by atoms with Gasteiger partial charge in [-0.2, -0.15) is 4.31 Å². The van der Waals surface area contributed by atoms with Gasteiger partial charge in [-0.15, -0.1) is 12.4 Å². The Kier molecular flexibility index (Phi) is 7.54. The van der Waals surface area contributed by atoms with Gasteiger partial charge in [0.2, 0.25) is 15.8 Å². The summed E-state index contributed by atoms with van der Waals surface area (Å²) in [5.41, 5.74) is -0.711. The number of hydrogen-bond donors (Lipinski definition) is 1. The van der Waals surface area contributed by atoms with Gasteiger partial charge in [-0.3, -0.25) is 10.1 Å². The molecule has 1 aromatic rings. The van der Waals surface area contributed by atoms with Gasteiger partial charge in [0.25, 0.3) is 0 Å². The first-order valence-electron chi connectivity index (χ1n) is 7.57. The number of benzene rings is 1. The normalized spacial score (nSPS) is 17.4. The predicted molar refractivity (Wildman–Crippen MR) is 92.3 cm³/mol. The SMILES string of the molecule is CCCN(C1CCNC1)S(=O)(=O)c1cc(F)c(OC)c([N+](=O)[O-])c1.Cl. The van der Waals surface area contributed by atoms with Crippen LogP contribution < -0.4 is 10.1 Å². The van der Waals surface area contributed by atoms with Gasteiger partial charge in [0.15, 0.2) is 5.82 Å². The topological polar surface area (TPSA) is 102 Å². The molecule has 0 bridgehead atoms. The van der Waals surface area contributed by atoms with E-state index in [0.29, 0.717) is 25.9 Å². The molecule has 1 fully saturated rings. The maximum Gasteiger partial charge on any atom is 0.315 e. The monoisotopic (exact) mass is 397 g/mol. The van der Waals surface area contributed by atoms with Crippen molar-refractivity contribution in [3.63, 3.8) is 0 Å². The van der Waals surface area contributed by atoms with E-state index < -0.39 is 37.1 Å². The summed E-state index contributed by atoms with van der Waals surface area (Å²) in [5.74, 6) is -1.66. The molecule has 1 saturated heterocycles. The number of rotatable bonds is 7. The van der Waals surface area contributed by atoms with E-state index in [9.17, 15) is 22.9 Å². The number of halogens is 2. The van der Waals surface area contributed by atoms with E-state index >= 15 is 0 Å². The minimum absolute atomic E-state index is 0. The van der Waals surface area contributed by atoms with E-state index in [-0.39, 0.29) is 25.0 Å². The molecule has 0 aromatic heterocycles. The highest BCUT2D eigenvalue weighted by atomic mass is 35.5. The summed E-state index contributed by atoms with van der Waals surface area (Å²) < 4.78 is 45.9. The summed E-state index contributed by atoms with van der Waals surface area (Å²) in [6, 6.07) is 1.37. The van der Waals surface area contributed by atoms with Gasteiger partial charge in [0.1, 0.15) is 0 Å². The summed E-state index contributed by atoms with van der Waals surface area (Å²) in [5, 5.41) is 14.2. The fourth-order valence-corrected chi connectivity index (χ4v) is 4.56. The van der Waals surface area contributed by atoms with Crippen molar-refractivity contribution in [2.45, 2.75) is 30.7 Å². The highest BCUT2D eigenvalue weighted by molar-refractivity contribution is 7.89. The van der Waals surface area contributed by atoms with Crippen molar-refractivity contribution in [1.82, 2.24) is 9.62 Å². The fraction of sp³-hybridized carbons (Fsp3) is 0.571. The molecule has 0 aliphatic carbocycles. The summed E-state index contributed by atoms with van der Waals surface area (Å²) in [7, 11) is -2.97. The van der Waals surface area contributed by atoms with Crippen LogP contribution in [-0.2, 0) is 10.0 Å². The zero-order chi connectivity index (χ0) is 17.9. The van der Waals surface area contributed by atoms with Crippen molar-refractivity contribution in [3.05, 3.63) is 28.1 Å². The minimum atomic E-state index is -4.06. The highest BCUT2D eigenvalue weighted by Crippen LogP contribution is 2.34. The molecule has 1 aliphatic heterocycles. The Bertz CT molecular complexity index is 725. The Morgan fingerprint density at radius 2 is 2.16 bits per heavy atom. The maximum absolute atomic E-state index is 14.1. The lowest BCUT2D eigenvalue weighted by molar-refractivity contribution is -0.386. The lowest BCUT2D eigenvalue weighted by Crippen LogP contribution is -2.42. The molecule has 8 nitrogen and oxygen atoms in total. The lowest BCUT2D eigenvalue weighted by atomic mass is 10.2. The molecule has 1 N–H and O–H groups in total. The van der Waals surface area contributed by atoms with Crippen molar-refractivity contribution < 1.29 is 22.5 Å². The van der Waals surface area contributed by atoms with E-state index in [0.717, 1.165) is 19.2 Å². The third-order valence-electron chi connectivity index (χ3n) is 3.89. The molecule has 1 heterocycles. The zero-order valence-corrected chi connectivity index (χ0v) is 15.5. The van der Waals surface area contributed by atoms with E-state index in [1.165, 1.54) is 4.31 Å². The number of nitro groups is 1. The molecule has 0 saturated carbocycles. The van der Waals surface area contributed by atoms with Crippen molar-refractivity contribution in [3.8, 4) is 5.75 Å². The van der Waals surface area contributed by atoms with Gasteiger partial charge in [-0.05, 0) is 25.5 Å². The summed E-state index contributed by atoms with van der Waals surface area (Å²) in [6.07, 6.45) is 1.22. The Morgan fingerprint density at radius 1 is 1.48 bits per heavy atom. The Labute approximate surface area is 152 Å². The number of hydrogen-bond acceptors (Lipinski definition) is 6. The largest absolute Gasteiger partial charge is 0.488 e. The van der Waals surface area contributed by atoms with Gasteiger partial charge in [-0.25, -0.2) is 12.8 Å². The molecule has 1 aromatic carbocycles. The third kappa shape index (κ3) is 4.38. The van der Waals surface area contributed by atoms with E-state index in [1.54, 1.807) is 0 Å². The highest BCUT2D eigenvalue weighted by Gasteiger charge is 2.35. The van der Waals surface area contributed by atoms with E-state index in [4.69, 9.17) is 0 Å². The molecule has 0 spiro atoms. The first kappa shape index (κ1) is 21.6. The standard InChI is InChI=1S/C14H20FN3O5S.ClH/c1-3-6-17(10-4-5-16-9-10)24(21,22)11-7-12(15)14(23-2)13(8-11)18(19)20;/h7-8,10,16H,3-6,9H2,1-2H3;1H. The first-order valence-corrected chi connectivity index (χ1v) is 9.01. The van der Waals surface area contributed by atoms with Crippen LogP contribution in [0.1, 0.15) is 19.8 Å². The molecule has 142 valence electrons. The number of methoxy groups -OCH3 is 1. The second-order valence-corrected chi connectivity index (χ2v) is 7.37. The molecule has 25 heavy (non-hydrogen) atoms. The Balaban J connectivity index is 0.00000312. The molecule has 1 aliphatic rings. The molecular weight excluding hydrogens is 377 g/mol. The lowest BCUT2D eigenvalue weighted by Gasteiger charge is -2.27. The van der Waals surface area contributed by atoms with Crippen LogP contribution in [0.2, 0.25) is 0 Å². The fourth-order valence-electron chi connectivity index (χ4n) is 2.78.